The van der Waals surface area contributed by atoms with Gasteiger partial charge in [0.15, 0.2) is 5.65 Å². The lowest BCUT2D eigenvalue weighted by Gasteiger charge is -1.88. The van der Waals surface area contributed by atoms with E-state index >= 15 is 0 Å². The summed E-state index contributed by atoms with van der Waals surface area (Å²) in [5.41, 5.74) is 0.870. The normalized spacial score (nSPS) is 10.5. The molecule has 50 valence electrons. The molecule has 0 radical (unpaired) electrons. The molecule has 0 bridgehead atoms. The maximum Gasteiger partial charge on any atom is 0.160 e. The molecular weight excluding hydrogens is 128 g/mol. The van der Waals surface area contributed by atoms with Crippen molar-refractivity contribution < 1.29 is 0 Å². The molecule has 0 aliphatic rings. The van der Waals surface area contributed by atoms with Crippen molar-refractivity contribution in [3.05, 3.63) is 18.7 Å². The molecule has 0 aliphatic carbocycles. The van der Waals surface area contributed by atoms with E-state index in [1.54, 1.807) is 17.1 Å². The van der Waals surface area contributed by atoms with Crippen LogP contribution in [0.4, 0.5) is 0 Å². The number of aryl methyl sites for hydroxylation is 1. The molecule has 4 heteroatoms. The van der Waals surface area contributed by atoms with Gasteiger partial charge in [-0.05, 0) is 0 Å². The Labute approximate surface area is 57.5 Å². The lowest BCUT2D eigenvalue weighted by Crippen LogP contribution is -1.90. The molecule has 0 aliphatic heterocycles. The number of hydrogen-bond acceptors (Lipinski definition) is 3. The molecule has 0 N–H and O–H groups in total. The first-order chi connectivity index (χ1) is 4.88. The smallest absolute Gasteiger partial charge is 0.160 e. The maximum atomic E-state index is 4.03. The Balaban J connectivity index is 2.93. The van der Waals surface area contributed by atoms with Gasteiger partial charge >= 0.3 is 0 Å². The van der Waals surface area contributed by atoms with E-state index in [-0.39, 0.29) is 0 Å². The zero-order valence-corrected chi connectivity index (χ0v) is 5.52. The topological polar surface area (TPSA) is 43.6 Å². The van der Waals surface area contributed by atoms with Crippen molar-refractivity contribution in [2.45, 2.75) is 0 Å². The van der Waals surface area contributed by atoms with Gasteiger partial charge in [0.2, 0.25) is 0 Å². The molecule has 0 spiro atoms. The van der Waals surface area contributed by atoms with Gasteiger partial charge in [0.25, 0.3) is 0 Å². The maximum absolute atomic E-state index is 4.03. The van der Waals surface area contributed by atoms with Crippen molar-refractivity contribution in [2.24, 2.45) is 7.05 Å². The fourth-order valence-corrected chi connectivity index (χ4v) is 0.899. The highest BCUT2D eigenvalue weighted by Crippen LogP contribution is 2.04. The minimum atomic E-state index is 0.870. The molecule has 2 rings (SSSR count). The SMILES string of the molecule is Cn1ncc2cncnc21. The Hall–Kier alpha value is -1.45. The van der Waals surface area contributed by atoms with Crippen molar-refractivity contribution >= 4 is 11.0 Å². The monoisotopic (exact) mass is 134 g/mol. The average molecular weight is 134 g/mol. The standard InChI is InChI=1S/C6H6N4/c1-10-6-5(3-9-10)2-7-4-8-6/h2-4H,1H3. The van der Waals surface area contributed by atoms with Crippen LogP contribution in [0, 0.1) is 0 Å². The summed E-state index contributed by atoms with van der Waals surface area (Å²) in [6.07, 6.45) is 5.01. The molecule has 0 aromatic carbocycles. The van der Waals surface area contributed by atoms with Gasteiger partial charge in [-0.2, -0.15) is 5.10 Å². The summed E-state index contributed by atoms with van der Waals surface area (Å²) in [4.78, 5) is 7.89. The largest absolute Gasteiger partial charge is 0.250 e. The predicted molar refractivity (Wildman–Crippen MR) is 36.3 cm³/mol. The summed E-state index contributed by atoms with van der Waals surface area (Å²) in [7, 11) is 1.86. The molecule has 0 atom stereocenters. The van der Waals surface area contributed by atoms with E-state index in [2.05, 4.69) is 15.1 Å². The summed E-state index contributed by atoms with van der Waals surface area (Å²) in [5.74, 6) is 0. The fourth-order valence-electron chi connectivity index (χ4n) is 0.899. The highest BCUT2D eigenvalue weighted by Gasteiger charge is 1.96. The van der Waals surface area contributed by atoms with Gasteiger partial charge in [0, 0.05) is 13.2 Å². The number of hydrogen-bond donors (Lipinski definition) is 0. The highest BCUT2D eigenvalue weighted by molar-refractivity contribution is 5.72. The molecule has 4 nitrogen and oxygen atoms in total. The van der Waals surface area contributed by atoms with Crippen LogP contribution in [0.1, 0.15) is 0 Å². The van der Waals surface area contributed by atoms with Crippen LogP contribution in [-0.4, -0.2) is 19.7 Å². The summed E-state index contributed by atoms with van der Waals surface area (Å²) in [6, 6.07) is 0. The van der Waals surface area contributed by atoms with Gasteiger partial charge in [0.05, 0.1) is 11.6 Å². The van der Waals surface area contributed by atoms with Crippen molar-refractivity contribution in [2.75, 3.05) is 0 Å². The number of aromatic nitrogens is 4. The zero-order chi connectivity index (χ0) is 6.97. The third kappa shape index (κ3) is 0.586. The Morgan fingerprint density at radius 1 is 1.40 bits per heavy atom. The van der Waals surface area contributed by atoms with E-state index < -0.39 is 0 Å². The third-order valence-electron chi connectivity index (χ3n) is 1.40. The number of rotatable bonds is 0. The average Bonchev–Trinajstić information content (AvgIpc) is 2.34. The Morgan fingerprint density at radius 2 is 2.30 bits per heavy atom. The van der Waals surface area contributed by atoms with Gasteiger partial charge in [-0.25, -0.2) is 9.97 Å². The molecule has 0 fully saturated rings. The van der Waals surface area contributed by atoms with E-state index in [0.29, 0.717) is 0 Å². The number of fused-ring (bicyclic) bond motifs is 1. The third-order valence-corrected chi connectivity index (χ3v) is 1.40. The summed E-state index contributed by atoms with van der Waals surface area (Å²) in [6.45, 7) is 0. The predicted octanol–water partition coefficient (Wildman–Crippen LogP) is 0.363. The summed E-state index contributed by atoms with van der Waals surface area (Å²) in [5, 5.41) is 4.99. The molecule has 2 aromatic rings. The van der Waals surface area contributed by atoms with E-state index in [1.165, 1.54) is 6.33 Å². The van der Waals surface area contributed by atoms with Crippen LogP contribution in [0.3, 0.4) is 0 Å². The first-order valence-corrected chi connectivity index (χ1v) is 2.95. The molecule has 2 aromatic heterocycles. The summed E-state index contributed by atoms with van der Waals surface area (Å²) < 4.78 is 1.72. The van der Waals surface area contributed by atoms with Crippen LogP contribution in [-0.2, 0) is 7.05 Å². The molecule has 0 unspecified atom stereocenters. The van der Waals surface area contributed by atoms with Crippen molar-refractivity contribution in [1.29, 1.82) is 0 Å². The summed E-state index contributed by atoms with van der Waals surface area (Å²) >= 11 is 0. The Kier molecular flexibility index (Phi) is 0.943. The minimum Gasteiger partial charge on any atom is -0.250 e. The van der Waals surface area contributed by atoms with Gasteiger partial charge in [-0.3, -0.25) is 4.68 Å². The van der Waals surface area contributed by atoms with Crippen molar-refractivity contribution in [3.63, 3.8) is 0 Å². The second-order valence-corrected chi connectivity index (χ2v) is 2.07. The second kappa shape index (κ2) is 1.76. The minimum absolute atomic E-state index is 0.870. The first kappa shape index (κ1) is 5.34. The Bertz CT molecular complexity index is 351. The molecule has 0 amide bonds. The molecule has 0 saturated heterocycles. The van der Waals surface area contributed by atoms with E-state index in [0.717, 1.165) is 11.0 Å². The fraction of sp³-hybridized carbons (Fsp3) is 0.167. The van der Waals surface area contributed by atoms with E-state index in [1.807, 2.05) is 7.05 Å². The number of nitrogens with zero attached hydrogens (tertiary/aromatic N) is 4. The first-order valence-electron chi connectivity index (χ1n) is 2.95. The molecular formula is C6H6N4. The van der Waals surface area contributed by atoms with Gasteiger partial charge < -0.3 is 0 Å². The second-order valence-electron chi connectivity index (χ2n) is 2.07. The van der Waals surface area contributed by atoms with Crippen LogP contribution in [0.15, 0.2) is 18.7 Å². The lowest BCUT2D eigenvalue weighted by atomic mass is 10.4. The lowest BCUT2D eigenvalue weighted by molar-refractivity contribution is 0.785. The Morgan fingerprint density at radius 3 is 3.10 bits per heavy atom. The van der Waals surface area contributed by atoms with Crippen LogP contribution >= 0.6 is 0 Å². The van der Waals surface area contributed by atoms with Crippen LogP contribution in [0.5, 0.6) is 0 Å². The van der Waals surface area contributed by atoms with Crippen LogP contribution < -0.4 is 0 Å². The quantitative estimate of drug-likeness (QED) is 0.522. The molecule has 2 heterocycles. The molecule has 10 heavy (non-hydrogen) atoms. The van der Waals surface area contributed by atoms with E-state index in [4.69, 9.17) is 0 Å². The van der Waals surface area contributed by atoms with Crippen molar-refractivity contribution in [1.82, 2.24) is 19.7 Å². The highest BCUT2D eigenvalue weighted by atomic mass is 15.3. The van der Waals surface area contributed by atoms with Gasteiger partial charge in [0.1, 0.15) is 6.33 Å². The van der Waals surface area contributed by atoms with Crippen LogP contribution in [0.25, 0.3) is 11.0 Å². The zero-order valence-electron chi connectivity index (χ0n) is 5.52. The van der Waals surface area contributed by atoms with Crippen molar-refractivity contribution in [3.8, 4) is 0 Å². The van der Waals surface area contributed by atoms with Crippen LogP contribution in [0.2, 0.25) is 0 Å². The molecule has 0 saturated carbocycles. The van der Waals surface area contributed by atoms with Gasteiger partial charge in [-0.1, -0.05) is 0 Å². The van der Waals surface area contributed by atoms with Gasteiger partial charge in [-0.15, -0.1) is 0 Å². The van der Waals surface area contributed by atoms with E-state index in [9.17, 15) is 0 Å².